The zero-order valence-electron chi connectivity index (χ0n) is 12.7. The quantitative estimate of drug-likeness (QED) is 0.763. The zero-order chi connectivity index (χ0) is 15.9. The van der Waals surface area contributed by atoms with Gasteiger partial charge in [-0.3, -0.25) is 9.59 Å². The zero-order valence-corrected chi connectivity index (χ0v) is 14.3. The molecule has 0 atom stereocenters. The molecule has 4 nitrogen and oxygen atoms in total. The van der Waals surface area contributed by atoms with Gasteiger partial charge in [0.05, 0.1) is 16.3 Å². The fourth-order valence-electron chi connectivity index (χ4n) is 2.95. The molecule has 5 heteroatoms. The molecule has 0 saturated heterocycles. The third-order valence-electron chi connectivity index (χ3n) is 3.93. The number of benzene rings is 1. The van der Waals surface area contributed by atoms with E-state index in [0.717, 1.165) is 17.3 Å². The van der Waals surface area contributed by atoms with Crippen molar-refractivity contribution in [3.05, 3.63) is 33.8 Å². The van der Waals surface area contributed by atoms with Crippen LogP contribution in [0.3, 0.4) is 0 Å². The van der Waals surface area contributed by atoms with Crippen LogP contribution in [-0.4, -0.2) is 17.9 Å². The van der Waals surface area contributed by atoms with Gasteiger partial charge in [0.15, 0.2) is 0 Å². The minimum absolute atomic E-state index is 0.0165. The lowest BCUT2D eigenvalue weighted by molar-refractivity contribution is -0.120. The Morgan fingerprint density at radius 1 is 1.09 bits per heavy atom. The average Bonchev–Trinajstić information content (AvgIpc) is 2.74. The third kappa shape index (κ3) is 2.58. The van der Waals surface area contributed by atoms with Crippen LogP contribution in [0.25, 0.3) is 0 Å². The highest BCUT2D eigenvalue weighted by atomic mass is 79.9. The molecule has 2 aliphatic rings. The second kappa shape index (κ2) is 5.88. The van der Waals surface area contributed by atoms with E-state index < -0.39 is 0 Å². The minimum atomic E-state index is -0.169. The number of anilines is 1. The first-order chi connectivity index (χ1) is 10.5. The molecule has 116 valence electrons. The molecule has 1 aliphatic heterocycles. The van der Waals surface area contributed by atoms with E-state index in [9.17, 15) is 9.59 Å². The number of amides is 2. The predicted octanol–water partition coefficient (Wildman–Crippen LogP) is 3.98. The first-order valence-electron chi connectivity index (χ1n) is 7.56. The molecule has 1 aliphatic carbocycles. The first kappa shape index (κ1) is 15.3. The Bertz CT molecular complexity index is 650. The molecule has 0 radical (unpaired) electrons. The van der Waals surface area contributed by atoms with E-state index in [1.54, 1.807) is 12.1 Å². The molecule has 2 amide bonds. The van der Waals surface area contributed by atoms with Gasteiger partial charge < -0.3 is 4.74 Å². The summed E-state index contributed by atoms with van der Waals surface area (Å²) in [5, 5.41) is 0. The smallest absolute Gasteiger partial charge is 0.261 e. The van der Waals surface area contributed by atoms with Crippen LogP contribution < -0.4 is 9.64 Å². The molecule has 0 saturated carbocycles. The number of carbonyl (C=O) groups is 2. The maximum Gasteiger partial charge on any atom is 0.261 e. The molecule has 0 fully saturated rings. The summed E-state index contributed by atoms with van der Waals surface area (Å²) in [7, 11) is 0. The molecule has 0 bridgehead atoms. The van der Waals surface area contributed by atoms with Crippen LogP contribution in [0.4, 0.5) is 5.69 Å². The molecule has 1 aromatic carbocycles. The largest absolute Gasteiger partial charge is 0.490 e. The number of nitrogens with zero attached hydrogens (tertiary/aromatic N) is 1. The van der Waals surface area contributed by atoms with Crippen LogP contribution in [0.5, 0.6) is 5.75 Å². The van der Waals surface area contributed by atoms with Gasteiger partial charge in [0.25, 0.3) is 11.8 Å². The highest BCUT2D eigenvalue weighted by Gasteiger charge is 2.39. The van der Waals surface area contributed by atoms with Crippen molar-refractivity contribution < 1.29 is 14.3 Å². The molecule has 0 spiro atoms. The molecule has 0 aromatic heterocycles. The van der Waals surface area contributed by atoms with Gasteiger partial charge in [-0.15, -0.1) is 0 Å². The van der Waals surface area contributed by atoms with E-state index >= 15 is 0 Å². The van der Waals surface area contributed by atoms with Crippen molar-refractivity contribution in [3.8, 4) is 5.75 Å². The van der Waals surface area contributed by atoms with Crippen molar-refractivity contribution in [2.45, 2.75) is 45.6 Å². The number of carbonyl (C=O) groups excluding carboxylic acids is 2. The average molecular weight is 364 g/mol. The maximum absolute atomic E-state index is 12.6. The van der Waals surface area contributed by atoms with Crippen LogP contribution >= 0.6 is 15.9 Å². The Morgan fingerprint density at radius 3 is 2.23 bits per heavy atom. The number of rotatable bonds is 3. The Labute approximate surface area is 138 Å². The number of hydrogen-bond acceptors (Lipinski definition) is 3. The molecule has 1 aromatic rings. The standard InChI is InChI=1S/C17H18BrNO3/c1-10(2)22-15-9-11(7-8-14(15)18)19-16(20)12-5-3-4-6-13(12)17(19)21/h7-10H,3-6H2,1-2H3. The summed E-state index contributed by atoms with van der Waals surface area (Å²) in [5.41, 5.74) is 1.97. The molecule has 0 unspecified atom stereocenters. The molecule has 22 heavy (non-hydrogen) atoms. The fraction of sp³-hybridized carbons (Fsp3) is 0.412. The summed E-state index contributed by atoms with van der Waals surface area (Å²) < 4.78 is 6.53. The van der Waals surface area contributed by atoms with Gasteiger partial charge in [0.2, 0.25) is 0 Å². The summed E-state index contributed by atoms with van der Waals surface area (Å²) in [6.07, 6.45) is 3.40. The van der Waals surface area contributed by atoms with Crippen LogP contribution in [0.15, 0.2) is 33.8 Å². The Kier molecular flexibility index (Phi) is 4.08. The van der Waals surface area contributed by atoms with Gasteiger partial charge in [-0.2, -0.15) is 0 Å². The molecule has 3 rings (SSSR count). The number of halogens is 1. The lowest BCUT2D eigenvalue weighted by Gasteiger charge is -2.18. The van der Waals surface area contributed by atoms with Crippen molar-refractivity contribution in [1.29, 1.82) is 0 Å². The van der Waals surface area contributed by atoms with Crippen LogP contribution in [-0.2, 0) is 9.59 Å². The molecule has 0 N–H and O–H groups in total. The van der Waals surface area contributed by atoms with Gasteiger partial charge >= 0.3 is 0 Å². The predicted molar refractivity (Wildman–Crippen MR) is 87.9 cm³/mol. The van der Waals surface area contributed by atoms with E-state index in [0.29, 0.717) is 35.4 Å². The van der Waals surface area contributed by atoms with Gasteiger partial charge in [0.1, 0.15) is 5.75 Å². The van der Waals surface area contributed by atoms with Crippen molar-refractivity contribution in [1.82, 2.24) is 0 Å². The van der Waals surface area contributed by atoms with Crippen LogP contribution in [0.1, 0.15) is 39.5 Å². The lowest BCUT2D eigenvalue weighted by Crippen LogP contribution is -2.31. The van der Waals surface area contributed by atoms with Gasteiger partial charge in [-0.1, -0.05) is 0 Å². The Balaban J connectivity index is 1.95. The highest BCUT2D eigenvalue weighted by Crippen LogP contribution is 2.38. The second-order valence-electron chi connectivity index (χ2n) is 5.89. The molecular weight excluding hydrogens is 346 g/mol. The van der Waals surface area contributed by atoms with Crippen LogP contribution in [0.2, 0.25) is 0 Å². The number of imide groups is 1. The molecule has 1 heterocycles. The van der Waals surface area contributed by atoms with Crippen LogP contribution in [0, 0.1) is 0 Å². The minimum Gasteiger partial charge on any atom is -0.490 e. The summed E-state index contributed by atoms with van der Waals surface area (Å²) in [4.78, 5) is 26.4. The Morgan fingerprint density at radius 2 is 1.68 bits per heavy atom. The van der Waals surface area contributed by atoms with E-state index in [2.05, 4.69) is 15.9 Å². The first-order valence-corrected chi connectivity index (χ1v) is 8.35. The third-order valence-corrected chi connectivity index (χ3v) is 4.58. The number of hydrogen-bond donors (Lipinski definition) is 0. The summed E-state index contributed by atoms with van der Waals surface area (Å²) in [6.45, 7) is 3.87. The van der Waals surface area contributed by atoms with Gasteiger partial charge in [-0.25, -0.2) is 4.90 Å². The topological polar surface area (TPSA) is 46.6 Å². The second-order valence-corrected chi connectivity index (χ2v) is 6.75. The van der Waals surface area contributed by atoms with Gasteiger partial charge in [-0.05, 0) is 67.6 Å². The lowest BCUT2D eigenvalue weighted by atomic mass is 9.93. The van der Waals surface area contributed by atoms with E-state index in [4.69, 9.17) is 4.74 Å². The fourth-order valence-corrected chi connectivity index (χ4v) is 3.29. The van der Waals surface area contributed by atoms with Crippen molar-refractivity contribution in [3.63, 3.8) is 0 Å². The number of ether oxygens (including phenoxy) is 1. The highest BCUT2D eigenvalue weighted by molar-refractivity contribution is 9.10. The SMILES string of the molecule is CC(C)Oc1cc(N2C(=O)C3=C(CCCC3)C2=O)ccc1Br. The normalized spacial score (nSPS) is 18.3. The summed E-state index contributed by atoms with van der Waals surface area (Å²) >= 11 is 3.44. The van der Waals surface area contributed by atoms with Crippen molar-refractivity contribution >= 4 is 33.4 Å². The van der Waals surface area contributed by atoms with E-state index in [-0.39, 0.29) is 17.9 Å². The van der Waals surface area contributed by atoms with E-state index in [1.807, 2.05) is 19.9 Å². The maximum atomic E-state index is 12.6. The Hall–Kier alpha value is -1.62. The monoisotopic (exact) mass is 363 g/mol. The summed E-state index contributed by atoms with van der Waals surface area (Å²) in [6, 6.07) is 5.33. The van der Waals surface area contributed by atoms with Crippen molar-refractivity contribution in [2.75, 3.05) is 4.90 Å². The molecular formula is C17H18BrNO3. The van der Waals surface area contributed by atoms with E-state index in [1.165, 1.54) is 4.90 Å². The van der Waals surface area contributed by atoms with Gasteiger partial charge in [0, 0.05) is 17.2 Å². The van der Waals surface area contributed by atoms with Crippen molar-refractivity contribution in [2.24, 2.45) is 0 Å². The summed E-state index contributed by atoms with van der Waals surface area (Å²) in [5.74, 6) is 0.299.